The second-order valence-electron chi connectivity index (χ2n) is 13.9. The molecular formula is C72H73Na. The SMILES string of the molecule is [NaH].c1ccccc1.c1ccccc1.c1ccccc1.c1ccccc1.c1ccccc1.c1ccccc1.c1ccccc1.c1ccccc1.c1ccccc1.c1ccccc1.c1ccccc1.c1ccccc1. The van der Waals surface area contributed by atoms with E-state index >= 15 is 0 Å². The van der Waals surface area contributed by atoms with Gasteiger partial charge in [-0.1, -0.05) is 437 Å². The van der Waals surface area contributed by atoms with Crippen molar-refractivity contribution in [3.05, 3.63) is 437 Å². The van der Waals surface area contributed by atoms with Crippen molar-refractivity contribution in [2.24, 2.45) is 0 Å². The minimum Gasteiger partial charge on any atom is -0.0623 e. The summed E-state index contributed by atoms with van der Waals surface area (Å²) in [5.41, 5.74) is 0. The summed E-state index contributed by atoms with van der Waals surface area (Å²) in [6.45, 7) is 0. The third-order valence-corrected chi connectivity index (χ3v) is 8.00. The van der Waals surface area contributed by atoms with Gasteiger partial charge in [0.25, 0.3) is 0 Å². The Bertz CT molecular complexity index is 1550. The van der Waals surface area contributed by atoms with E-state index in [0.717, 1.165) is 0 Å². The maximum atomic E-state index is 2.00. The predicted octanol–water partition coefficient (Wildman–Crippen LogP) is 19.6. The van der Waals surface area contributed by atoms with Gasteiger partial charge in [0.2, 0.25) is 0 Å². The standard InChI is InChI=1S/12C6H6.Na.H/c12*1-2-4-6-5-3-1;;/h12*1-6H;;. The smallest absolute Gasteiger partial charge is 0.0623 e. The van der Waals surface area contributed by atoms with Gasteiger partial charge in [0.1, 0.15) is 0 Å². The first-order valence-electron chi connectivity index (χ1n) is 24.0. The molecule has 12 rings (SSSR count). The molecule has 0 radical (unpaired) electrons. The normalized spacial score (nSPS) is 7.89. The van der Waals surface area contributed by atoms with Crippen LogP contribution in [0.5, 0.6) is 0 Å². The van der Waals surface area contributed by atoms with E-state index in [1.54, 1.807) is 0 Å². The van der Waals surface area contributed by atoms with E-state index in [4.69, 9.17) is 0 Å². The predicted molar refractivity (Wildman–Crippen MR) is 324 cm³/mol. The molecule has 0 fully saturated rings. The molecule has 12 aromatic carbocycles. The number of hydrogen-bond donors (Lipinski definition) is 0. The van der Waals surface area contributed by atoms with Crippen molar-refractivity contribution >= 4 is 29.6 Å². The third-order valence-electron chi connectivity index (χ3n) is 8.00. The molecule has 0 N–H and O–H groups in total. The van der Waals surface area contributed by atoms with Crippen molar-refractivity contribution in [1.82, 2.24) is 0 Å². The Labute approximate surface area is 463 Å². The van der Waals surface area contributed by atoms with Crippen molar-refractivity contribution in [3.63, 3.8) is 0 Å². The van der Waals surface area contributed by atoms with Crippen LogP contribution in [-0.2, 0) is 0 Å². The molecule has 362 valence electrons. The Hall–Kier alpha value is -8.36. The molecule has 0 nitrogen and oxygen atoms in total. The van der Waals surface area contributed by atoms with Gasteiger partial charge in [0, 0.05) is 0 Å². The first kappa shape index (κ1) is 64.6. The Morgan fingerprint density at radius 1 is 0.0411 bits per heavy atom. The fourth-order valence-electron chi connectivity index (χ4n) is 4.62. The van der Waals surface area contributed by atoms with Gasteiger partial charge >= 0.3 is 29.6 Å². The van der Waals surface area contributed by atoms with Crippen molar-refractivity contribution in [2.45, 2.75) is 0 Å². The zero-order valence-corrected chi connectivity index (χ0v) is 41.6. The van der Waals surface area contributed by atoms with Gasteiger partial charge in [0.05, 0.1) is 0 Å². The zero-order valence-electron chi connectivity index (χ0n) is 41.6. The fraction of sp³-hybridized carbons (Fsp3) is 0. The van der Waals surface area contributed by atoms with E-state index in [1.807, 2.05) is 437 Å². The van der Waals surface area contributed by atoms with Gasteiger partial charge in [-0.05, 0) is 0 Å². The number of hydrogen-bond acceptors (Lipinski definition) is 0. The van der Waals surface area contributed by atoms with Crippen LogP contribution in [0.1, 0.15) is 0 Å². The van der Waals surface area contributed by atoms with E-state index in [1.165, 1.54) is 0 Å². The Balaban J connectivity index is 0.000000774. The molecule has 0 saturated carbocycles. The third kappa shape index (κ3) is 59.7. The molecule has 0 aliphatic carbocycles. The summed E-state index contributed by atoms with van der Waals surface area (Å²) < 4.78 is 0. The van der Waals surface area contributed by atoms with Gasteiger partial charge in [-0.25, -0.2) is 0 Å². The van der Waals surface area contributed by atoms with Crippen LogP contribution in [0, 0.1) is 0 Å². The van der Waals surface area contributed by atoms with Crippen LogP contribution in [-0.4, -0.2) is 29.6 Å². The number of benzene rings is 12. The summed E-state index contributed by atoms with van der Waals surface area (Å²) in [6, 6.07) is 144. The molecule has 0 atom stereocenters. The van der Waals surface area contributed by atoms with E-state index in [-0.39, 0.29) is 29.6 Å². The molecule has 0 bridgehead atoms. The van der Waals surface area contributed by atoms with Gasteiger partial charge in [-0.3, -0.25) is 0 Å². The molecule has 12 aromatic rings. The minimum atomic E-state index is 0. The summed E-state index contributed by atoms with van der Waals surface area (Å²) in [4.78, 5) is 0. The molecule has 0 heterocycles. The maximum Gasteiger partial charge on any atom is -0.0623 e. The summed E-state index contributed by atoms with van der Waals surface area (Å²) >= 11 is 0. The average molecular weight is 961 g/mol. The van der Waals surface area contributed by atoms with Crippen LogP contribution in [0.4, 0.5) is 0 Å². The summed E-state index contributed by atoms with van der Waals surface area (Å²) in [7, 11) is 0. The molecule has 1 heteroatoms. The molecule has 0 saturated heterocycles. The Kier molecular flexibility index (Phi) is 54.6. The van der Waals surface area contributed by atoms with E-state index in [2.05, 4.69) is 0 Å². The second kappa shape index (κ2) is 61.7. The van der Waals surface area contributed by atoms with Crippen LogP contribution >= 0.6 is 0 Å². The summed E-state index contributed by atoms with van der Waals surface area (Å²) in [5.74, 6) is 0. The van der Waals surface area contributed by atoms with E-state index < -0.39 is 0 Å². The van der Waals surface area contributed by atoms with Gasteiger partial charge in [0.15, 0.2) is 0 Å². The van der Waals surface area contributed by atoms with Crippen LogP contribution in [0.25, 0.3) is 0 Å². The summed E-state index contributed by atoms with van der Waals surface area (Å²) in [5, 5.41) is 0. The quantitative estimate of drug-likeness (QED) is 0.133. The van der Waals surface area contributed by atoms with Gasteiger partial charge in [-0.2, -0.15) is 0 Å². The molecule has 0 unspecified atom stereocenters. The molecule has 0 amide bonds. The molecule has 73 heavy (non-hydrogen) atoms. The molecule has 0 aromatic heterocycles. The number of rotatable bonds is 0. The Morgan fingerprint density at radius 3 is 0.0685 bits per heavy atom. The van der Waals surface area contributed by atoms with Crippen molar-refractivity contribution in [2.75, 3.05) is 0 Å². The van der Waals surface area contributed by atoms with E-state index in [0.29, 0.717) is 0 Å². The van der Waals surface area contributed by atoms with Crippen molar-refractivity contribution < 1.29 is 0 Å². The fourth-order valence-corrected chi connectivity index (χ4v) is 4.62. The van der Waals surface area contributed by atoms with E-state index in [9.17, 15) is 0 Å². The molecule has 0 aliphatic heterocycles. The van der Waals surface area contributed by atoms with Crippen LogP contribution in [0.15, 0.2) is 437 Å². The van der Waals surface area contributed by atoms with Crippen LogP contribution in [0.2, 0.25) is 0 Å². The topological polar surface area (TPSA) is 0 Å². The molecular weight excluding hydrogens is 888 g/mol. The van der Waals surface area contributed by atoms with Gasteiger partial charge < -0.3 is 0 Å². The largest absolute Gasteiger partial charge is 0.0623 e. The average Bonchev–Trinajstić information content (AvgIpc) is 3.54. The molecule has 0 aliphatic rings. The second-order valence-corrected chi connectivity index (χ2v) is 13.9. The van der Waals surface area contributed by atoms with Crippen LogP contribution < -0.4 is 0 Å². The first-order valence-corrected chi connectivity index (χ1v) is 24.0. The van der Waals surface area contributed by atoms with Crippen molar-refractivity contribution in [1.29, 1.82) is 0 Å². The van der Waals surface area contributed by atoms with Crippen molar-refractivity contribution in [3.8, 4) is 0 Å². The van der Waals surface area contributed by atoms with Gasteiger partial charge in [-0.15, -0.1) is 0 Å². The molecule has 0 spiro atoms. The summed E-state index contributed by atoms with van der Waals surface area (Å²) in [6.07, 6.45) is 0. The first-order chi connectivity index (χ1) is 36.0. The monoisotopic (exact) mass is 961 g/mol. The minimum absolute atomic E-state index is 0. The van der Waals surface area contributed by atoms with Crippen LogP contribution in [0.3, 0.4) is 0 Å². The Morgan fingerprint density at radius 2 is 0.0548 bits per heavy atom. The maximum absolute atomic E-state index is 2.00. The zero-order chi connectivity index (χ0) is 50.9.